The molecule has 1 fully saturated rings. The smallest absolute Gasteiger partial charge is 0.323 e. The number of likely N-dealkylation sites (tertiary alicyclic amines) is 1. The van der Waals surface area contributed by atoms with Gasteiger partial charge in [-0.15, -0.1) is 11.3 Å². The molecule has 0 bridgehead atoms. The van der Waals surface area contributed by atoms with Gasteiger partial charge in [0.1, 0.15) is 0 Å². The second-order valence-corrected chi connectivity index (χ2v) is 6.66. The van der Waals surface area contributed by atoms with Crippen LogP contribution in [0.4, 0.5) is 9.93 Å². The van der Waals surface area contributed by atoms with Crippen molar-refractivity contribution in [1.82, 2.24) is 9.88 Å². The molecule has 1 aliphatic heterocycles. The van der Waals surface area contributed by atoms with Crippen molar-refractivity contribution < 1.29 is 9.53 Å². The summed E-state index contributed by atoms with van der Waals surface area (Å²) in [4.78, 5) is 18.5. The van der Waals surface area contributed by atoms with Gasteiger partial charge in [-0.3, -0.25) is 5.32 Å². The van der Waals surface area contributed by atoms with Gasteiger partial charge in [0.05, 0.1) is 12.3 Å². The van der Waals surface area contributed by atoms with Crippen LogP contribution < -0.4 is 5.32 Å². The second-order valence-electron chi connectivity index (χ2n) is 5.80. The Morgan fingerprint density at radius 2 is 2.26 bits per heavy atom. The molecular formula is C17H21N3O2S. The number of ether oxygens (including phenoxy) is 1. The molecule has 122 valence electrons. The number of urea groups is 1. The van der Waals surface area contributed by atoms with Crippen molar-refractivity contribution in [1.29, 1.82) is 0 Å². The average molecular weight is 331 g/mol. The Labute approximate surface area is 140 Å². The number of nitrogens with one attached hydrogen (secondary N) is 1. The molecule has 0 unspecified atom stereocenters. The van der Waals surface area contributed by atoms with Gasteiger partial charge in [-0.1, -0.05) is 30.3 Å². The van der Waals surface area contributed by atoms with Crippen LogP contribution in [-0.2, 0) is 17.8 Å². The number of hydrogen-bond acceptors (Lipinski definition) is 4. The van der Waals surface area contributed by atoms with E-state index in [9.17, 15) is 4.79 Å². The van der Waals surface area contributed by atoms with E-state index < -0.39 is 0 Å². The Morgan fingerprint density at radius 3 is 3.04 bits per heavy atom. The SMILES string of the molecule is COCc1csc(NC(=O)N2CC[C@@H](Cc3ccccc3)C2)n1. The molecule has 1 aliphatic rings. The van der Waals surface area contributed by atoms with E-state index in [4.69, 9.17) is 4.74 Å². The van der Waals surface area contributed by atoms with E-state index >= 15 is 0 Å². The van der Waals surface area contributed by atoms with Crippen molar-refractivity contribution in [2.75, 3.05) is 25.5 Å². The lowest BCUT2D eigenvalue weighted by Gasteiger charge is -2.16. The van der Waals surface area contributed by atoms with Crippen LogP contribution >= 0.6 is 11.3 Å². The Kier molecular flexibility index (Phi) is 5.25. The number of carbonyl (C=O) groups is 1. The second kappa shape index (κ2) is 7.57. The van der Waals surface area contributed by atoms with Gasteiger partial charge in [0.15, 0.2) is 5.13 Å². The molecule has 1 aromatic carbocycles. The quantitative estimate of drug-likeness (QED) is 0.914. The highest BCUT2D eigenvalue weighted by molar-refractivity contribution is 7.13. The highest BCUT2D eigenvalue weighted by Gasteiger charge is 2.26. The first-order valence-electron chi connectivity index (χ1n) is 7.78. The van der Waals surface area contributed by atoms with Gasteiger partial charge in [0.2, 0.25) is 0 Å². The summed E-state index contributed by atoms with van der Waals surface area (Å²) in [6, 6.07) is 10.4. The van der Waals surface area contributed by atoms with Crippen LogP contribution in [0.15, 0.2) is 35.7 Å². The monoisotopic (exact) mass is 331 g/mol. The molecule has 6 heteroatoms. The van der Waals surface area contributed by atoms with E-state index in [1.165, 1.54) is 16.9 Å². The number of benzene rings is 1. The molecule has 2 heterocycles. The van der Waals surface area contributed by atoms with E-state index in [1.54, 1.807) is 7.11 Å². The fourth-order valence-electron chi connectivity index (χ4n) is 2.88. The Hall–Kier alpha value is -1.92. The summed E-state index contributed by atoms with van der Waals surface area (Å²) in [5.74, 6) is 0.531. The average Bonchev–Trinajstić information content (AvgIpc) is 3.18. The normalized spacial score (nSPS) is 17.4. The first-order chi connectivity index (χ1) is 11.2. The lowest BCUT2D eigenvalue weighted by atomic mass is 9.99. The van der Waals surface area contributed by atoms with Gasteiger partial charge in [-0.05, 0) is 24.3 Å². The zero-order valence-corrected chi connectivity index (χ0v) is 14.0. The van der Waals surface area contributed by atoms with Crippen LogP contribution in [0.5, 0.6) is 0 Å². The van der Waals surface area contributed by atoms with E-state index in [1.807, 2.05) is 16.3 Å². The van der Waals surface area contributed by atoms with Gasteiger partial charge in [-0.25, -0.2) is 9.78 Å². The maximum absolute atomic E-state index is 12.3. The topological polar surface area (TPSA) is 54.5 Å². The first kappa shape index (κ1) is 16.0. The summed E-state index contributed by atoms with van der Waals surface area (Å²) in [5.41, 5.74) is 2.18. The third-order valence-electron chi connectivity index (χ3n) is 4.00. The number of rotatable bonds is 5. The number of amides is 2. The minimum absolute atomic E-state index is 0.0566. The summed E-state index contributed by atoms with van der Waals surface area (Å²) in [6.07, 6.45) is 2.08. The van der Waals surface area contributed by atoms with Gasteiger partial charge >= 0.3 is 6.03 Å². The van der Waals surface area contributed by atoms with Crippen molar-refractivity contribution in [2.45, 2.75) is 19.4 Å². The summed E-state index contributed by atoms with van der Waals surface area (Å²) >= 11 is 1.43. The van der Waals surface area contributed by atoms with Crippen LogP contribution in [0.25, 0.3) is 0 Å². The van der Waals surface area contributed by atoms with Crippen LogP contribution in [0.1, 0.15) is 17.7 Å². The lowest BCUT2D eigenvalue weighted by Crippen LogP contribution is -2.33. The third kappa shape index (κ3) is 4.30. The molecule has 1 N–H and O–H groups in total. The highest BCUT2D eigenvalue weighted by atomic mass is 32.1. The molecule has 0 saturated carbocycles. The molecule has 1 aromatic heterocycles. The van der Waals surface area contributed by atoms with Crippen molar-refractivity contribution in [3.63, 3.8) is 0 Å². The summed E-state index contributed by atoms with van der Waals surface area (Å²) in [6.45, 7) is 2.08. The molecule has 3 rings (SSSR count). The fourth-order valence-corrected chi connectivity index (χ4v) is 3.56. The maximum Gasteiger partial charge on any atom is 0.323 e. The predicted octanol–water partition coefficient (Wildman–Crippen LogP) is 3.39. The molecule has 5 nitrogen and oxygen atoms in total. The fraction of sp³-hybridized carbons (Fsp3) is 0.412. The van der Waals surface area contributed by atoms with Crippen molar-refractivity contribution in [2.24, 2.45) is 5.92 Å². The zero-order chi connectivity index (χ0) is 16.1. The van der Waals surface area contributed by atoms with Crippen LogP contribution in [0.2, 0.25) is 0 Å². The minimum Gasteiger partial charge on any atom is -0.378 e. The first-order valence-corrected chi connectivity index (χ1v) is 8.66. The number of carbonyl (C=O) groups excluding carboxylic acids is 1. The van der Waals surface area contributed by atoms with E-state index in [0.717, 1.165) is 31.6 Å². The molecule has 0 spiro atoms. The molecule has 1 atom stereocenters. The van der Waals surface area contributed by atoms with Crippen LogP contribution in [-0.4, -0.2) is 36.1 Å². The van der Waals surface area contributed by atoms with Gasteiger partial charge < -0.3 is 9.64 Å². The van der Waals surface area contributed by atoms with Gasteiger partial charge in [0.25, 0.3) is 0 Å². The Balaban J connectivity index is 1.50. The standard InChI is InChI=1S/C17H21N3O2S/c1-22-11-15-12-23-16(18-15)19-17(21)20-8-7-14(10-20)9-13-5-3-2-4-6-13/h2-6,12,14H,7-11H2,1H3,(H,18,19,21)/t14-/m0/s1. The minimum atomic E-state index is -0.0566. The molecule has 0 aliphatic carbocycles. The predicted molar refractivity (Wildman–Crippen MR) is 91.7 cm³/mol. The number of methoxy groups -OCH3 is 1. The van der Waals surface area contributed by atoms with Gasteiger partial charge in [0, 0.05) is 25.6 Å². The molecule has 23 heavy (non-hydrogen) atoms. The molecule has 2 amide bonds. The van der Waals surface area contributed by atoms with Crippen LogP contribution in [0.3, 0.4) is 0 Å². The van der Waals surface area contributed by atoms with E-state index in [0.29, 0.717) is 17.7 Å². The number of hydrogen-bond donors (Lipinski definition) is 1. The zero-order valence-electron chi connectivity index (χ0n) is 13.2. The van der Waals surface area contributed by atoms with Gasteiger partial charge in [-0.2, -0.15) is 0 Å². The summed E-state index contributed by atoms with van der Waals surface area (Å²) < 4.78 is 5.04. The van der Waals surface area contributed by atoms with Crippen molar-refractivity contribution in [3.05, 3.63) is 47.0 Å². The lowest BCUT2D eigenvalue weighted by molar-refractivity contribution is 0.182. The molecule has 1 saturated heterocycles. The van der Waals surface area contributed by atoms with Crippen molar-refractivity contribution >= 4 is 22.5 Å². The largest absolute Gasteiger partial charge is 0.378 e. The molecule has 2 aromatic rings. The summed E-state index contributed by atoms with van der Waals surface area (Å²) in [7, 11) is 1.63. The van der Waals surface area contributed by atoms with Crippen molar-refractivity contribution in [3.8, 4) is 0 Å². The third-order valence-corrected chi connectivity index (χ3v) is 4.80. The highest BCUT2D eigenvalue weighted by Crippen LogP contribution is 2.22. The number of nitrogens with zero attached hydrogens (tertiary/aromatic N) is 2. The number of anilines is 1. The Morgan fingerprint density at radius 1 is 1.43 bits per heavy atom. The van der Waals surface area contributed by atoms with E-state index in [-0.39, 0.29) is 6.03 Å². The number of thiazole rings is 1. The molecular weight excluding hydrogens is 310 g/mol. The van der Waals surface area contributed by atoms with Crippen LogP contribution in [0, 0.1) is 5.92 Å². The summed E-state index contributed by atoms with van der Waals surface area (Å²) in [5, 5.41) is 5.42. The maximum atomic E-state index is 12.3. The number of aromatic nitrogens is 1. The Bertz CT molecular complexity index is 644. The van der Waals surface area contributed by atoms with E-state index in [2.05, 4.69) is 34.6 Å². The molecule has 0 radical (unpaired) electrons.